The second-order valence-electron chi connectivity index (χ2n) is 7.41. The number of benzene rings is 1. The first-order valence-electron chi connectivity index (χ1n) is 8.81. The van der Waals surface area contributed by atoms with Crippen LogP contribution in [0.5, 0.6) is 5.75 Å². The van der Waals surface area contributed by atoms with Crippen molar-refractivity contribution in [3.63, 3.8) is 0 Å². The molecule has 0 aliphatic rings. The molecule has 1 aromatic carbocycles. The smallest absolute Gasteiger partial charge is 0.191 e. The number of nitrogens with zero attached hydrogens (tertiary/aromatic N) is 2. The van der Waals surface area contributed by atoms with Crippen LogP contribution in [0.1, 0.15) is 55.6 Å². The van der Waals surface area contributed by atoms with E-state index in [1.807, 2.05) is 6.07 Å². The van der Waals surface area contributed by atoms with Crippen LogP contribution in [0.25, 0.3) is 0 Å². The van der Waals surface area contributed by atoms with E-state index in [9.17, 15) is 0 Å². The summed E-state index contributed by atoms with van der Waals surface area (Å²) in [6.45, 7) is 11.4. The van der Waals surface area contributed by atoms with Crippen LogP contribution in [0.2, 0.25) is 0 Å². The Morgan fingerprint density at radius 2 is 2.04 bits per heavy atom. The molecular weight excluding hydrogens is 471 g/mol. The van der Waals surface area contributed by atoms with E-state index in [-0.39, 0.29) is 35.4 Å². The molecule has 2 rings (SSSR count). The van der Waals surface area contributed by atoms with Gasteiger partial charge in [0.1, 0.15) is 10.8 Å². The van der Waals surface area contributed by atoms with Crippen molar-refractivity contribution < 1.29 is 4.74 Å². The molecule has 1 atom stereocenters. The van der Waals surface area contributed by atoms with Gasteiger partial charge in [0.15, 0.2) is 5.96 Å². The van der Waals surface area contributed by atoms with E-state index >= 15 is 0 Å². The SMILES string of the molecule is CN=C(NCc1nc(C(C)(C)C)cs1)NC(C)c1cc(C)ccc1OC.I. The largest absolute Gasteiger partial charge is 0.496 e. The van der Waals surface area contributed by atoms with Crippen molar-refractivity contribution in [3.05, 3.63) is 45.4 Å². The highest BCUT2D eigenvalue weighted by Crippen LogP contribution is 2.26. The second kappa shape index (κ2) is 10.3. The van der Waals surface area contributed by atoms with E-state index in [2.05, 4.69) is 67.8 Å². The lowest BCUT2D eigenvalue weighted by molar-refractivity contribution is 0.405. The zero-order chi connectivity index (χ0) is 19.3. The third-order valence-corrected chi connectivity index (χ3v) is 5.00. The number of rotatable bonds is 5. The number of halogens is 1. The first-order chi connectivity index (χ1) is 12.2. The number of hydrogen-bond donors (Lipinski definition) is 2. The Kier molecular flexibility index (Phi) is 9.01. The Balaban J connectivity index is 0.00000364. The van der Waals surface area contributed by atoms with Crippen molar-refractivity contribution in [2.24, 2.45) is 4.99 Å². The number of methoxy groups -OCH3 is 1. The van der Waals surface area contributed by atoms with Crippen molar-refractivity contribution in [2.45, 2.75) is 52.6 Å². The number of hydrogen-bond acceptors (Lipinski definition) is 4. The van der Waals surface area contributed by atoms with Crippen molar-refractivity contribution in [1.82, 2.24) is 15.6 Å². The van der Waals surface area contributed by atoms with Gasteiger partial charge in [-0.3, -0.25) is 4.99 Å². The van der Waals surface area contributed by atoms with Gasteiger partial charge in [-0.2, -0.15) is 0 Å². The molecule has 0 aliphatic carbocycles. The summed E-state index contributed by atoms with van der Waals surface area (Å²) in [7, 11) is 3.47. The molecule has 5 nitrogen and oxygen atoms in total. The lowest BCUT2D eigenvalue weighted by Crippen LogP contribution is -2.38. The van der Waals surface area contributed by atoms with Gasteiger partial charge in [-0.15, -0.1) is 35.3 Å². The van der Waals surface area contributed by atoms with Gasteiger partial charge in [-0.25, -0.2) is 4.98 Å². The minimum atomic E-state index is 0. The fraction of sp³-hybridized carbons (Fsp3) is 0.500. The number of aliphatic imine (C=N–C) groups is 1. The molecule has 0 fully saturated rings. The highest BCUT2D eigenvalue weighted by molar-refractivity contribution is 14.0. The Hall–Kier alpha value is -1.35. The number of thiazole rings is 1. The van der Waals surface area contributed by atoms with E-state index in [1.54, 1.807) is 25.5 Å². The first-order valence-corrected chi connectivity index (χ1v) is 9.69. The number of ether oxygens (including phenoxy) is 1. The minimum Gasteiger partial charge on any atom is -0.496 e. The topological polar surface area (TPSA) is 58.5 Å². The molecule has 2 N–H and O–H groups in total. The molecule has 0 spiro atoms. The van der Waals surface area contributed by atoms with Gasteiger partial charge < -0.3 is 15.4 Å². The van der Waals surface area contributed by atoms with Gasteiger partial charge in [0.2, 0.25) is 0 Å². The zero-order valence-corrected chi connectivity index (χ0v) is 20.4. The molecule has 7 heteroatoms. The van der Waals surface area contributed by atoms with E-state index in [0.29, 0.717) is 6.54 Å². The number of nitrogens with one attached hydrogen (secondary N) is 2. The van der Waals surface area contributed by atoms with E-state index in [4.69, 9.17) is 9.72 Å². The Labute approximate surface area is 184 Å². The number of aryl methyl sites for hydroxylation is 1. The third kappa shape index (κ3) is 6.64. The number of aromatic nitrogens is 1. The Bertz CT molecular complexity index is 768. The van der Waals surface area contributed by atoms with Crippen LogP contribution in [0, 0.1) is 6.92 Å². The first kappa shape index (κ1) is 23.7. The summed E-state index contributed by atoms with van der Waals surface area (Å²) in [5, 5.41) is 9.96. The molecular formula is C20H31IN4OS. The fourth-order valence-electron chi connectivity index (χ4n) is 2.57. The molecule has 0 bridgehead atoms. The van der Waals surface area contributed by atoms with E-state index in [0.717, 1.165) is 28.0 Å². The van der Waals surface area contributed by atoms with Crippen LogP contribution in [0.3, 0.4) is 0 Å². The zero-order valence-electron chi connectivity index (χ0n) is 17.2. The predicted molar refractivity (Wildman–Crippen MR) is 126 cm³/mol. The van der Waals surface area contributed by atoms with Gasteiger partial charge >= 0.3 is 0 Å². The van der Waals surface area contributed by atoms with Crippen LogP contribution < -0.4 is 15.4 Å². The van der Waals surface area contributed by atoms with Gasteiger partial charge in [-0.1, -0.05) is 38.5 Å². The van der Waals surface area contributed by atoms with Crippen LogP contribution in [-0.2, 0) is 12.0 Å². The molecule has 1 heterocycles. The molecule has 1 unspecified atom stereocenters. The fourth-order valence-corrected chi connectivity index (χ4v) is 3.53. The monoisotopic (exact) mass is 502 g/mol. The molecule has 0 radical (unpaired) electrons. The van der Waals surface area contributed by atoms with Crippen LogP contribution in [0.4, 0.5) is 0 Å². The van der Waals surface area contributed by atoms with Crippen molar-refractivity contribution in [3.8, 4) is 5.75 Å². The maximum absolute atomic E-state index is 5.49. The van der Waals surface area contributed by atoms with Crippen LogP contribution in [0.15, 0.2) is 28.6 Å². The van der Waals surface area contributed by atoms with Crippen LogP contribution in [-0.4, -0.2) is 25.1 Å². The van der Waals surface area contributed by atoms with Crippen molar-refractivity contribution in [1.29, 1.82) is 0 Å². The maximum atomic E-state index is 5.49. The molecule has 27 heavy (non-hydrogen) atoms. The molecule has 0 saturated carbocycles. The lowest BCUT2D eigenvalue weighted by Gasteiger charge is -2.20. The van der Waals surface area contributed by atoms with Gasteiger partial charge in [0, 0.05) is 23.4 Å². The highest BCUT2D eigenvalue weighted by Gasteiger charge is 2.18. The van der Waals surface area contributed by atoms with Crippen molar-refractivity contribution >= 4 is 41.3 Å². The third-order valence-electron chi connectivity index (χ3n) is 4.16. The summed E-state index contributed by atoms with van der Waals surface area (Å²) in [4.78, 5) is 9.05. The van der Waals surface area contributed by atoms with Gasteiger partial charge in [0.05, 0.1) is 25.4 Å². The quantitative estimate of drug-likeness (QED) is 0.350. The summed E-state index contributed by atoms with van der Waals surface area (Å²) < 4.78 is 5.49. The van der Waals surface area contributed by atoms with Gasteiger partial charge in [0.25, 0.3) is 0 Å². The summed E-state index contributed by atoms with van der Waals surface area (Å²) in [6.07, 6.45) is 0. The van der Waals surface area contributed by atoms with E-state index < -0.39 is 0 Å². The summed E-state index contributed by atoms with van der Waals surface area (Å²) in [5.41, 5.74) is 3.51. The van der Waals surface area contributed by atoms with Crippen LogP contribution >= 0.6 is 35.3 Å². The normalized spacial score (nSPS) is 12.9. The molecule has 2 aromatic rings. The summed E-state index contributed by atoms with van der Waals surface area (Å²) >= 11 is 1.68. The average Bonchev–Trinajstić information content (AvgIpc) is 3.07. The highest BCUT2D eigenvalue weighted by atomic mass is 127. The molecule has 0 saturated heterocycles. The molecule has 0 aliphatic heterocycles. The summed E-state index contributed by atoms with van der Waals surface area (Å²) in [5.74, 6) is 1.62. The lowest BCUT2D eigenvalue weighted by atomic mass is 9.93. The summed E-state index contributed by atoms with van der Waals surface area (Å²) in [6, 6.07) is 6.26. The minimum absolute atomic E-state index is 0. The molecule has 1 aromatic heterocycles. The molecule has 0 amide bonds. The van der Waals surface area contributed by atoms with Crippen molar-refractivity contribution in [2.75, 3.05) is 14.2 Å². The Morgan fingerprint density at radius 1 is 1.33 bits per heavy atom. The Morgan fingerprint density at radius 3 is 2.59 bits per heavy atom. The number of guanidine groups is 1. The molecule has 150 valence electrons. The average molecular weight is 502 g/mol. The predicted octanol–water partition coefficient (Wildman–Crippen LogP) is 4.80. The second-order valence-corrected chi connectivity index (χ2v) is 8.36. The van der Waals surface area contributed by atoms with Gasteiger partial charge in [-0.05, 0) is 19.9 Å². The van der Waals surface area contributed by atoms with E-state index in [1.165, 1.54) is 5.56 Å². The maximum Gasteiger partial charge on any atom is 0.191 e. The standard InChI is InChI=1S/C20H30N4OS.HI/c1-13-8-9-16(25-7)15(10-13)14(2)23-19(21-6)22-11-18-24-17(12-26-18)20(3,4)5;/h8-10,12,14H,11H2,1-7H3,(H2,21,22,23);1H.